The highest BCUT2D eigenvalue weighted by Gasteiger charge is 2.20. The van der Waals surface area contributed by atoms with Crippen LogP contribution in [-0.2, 0) is 12.5 Å². The van der Waals surface area contributed by atoms with Gasteiger partial charge in [0.15, 0.2) is 0 Å². The van der Waals surface area contributed by atoms with Crippen LogP contribution in [0.3, 0.4) is 0 Å². The van der Waals surface area contributed by atoms with Crippen LogP contribution in [0.5, 0.6) is 0 Å². The molecule has 0 fully saturated rings. The summed E-state index contributed by atoms with van der Waals surface area (Å²) in [4.78, 5) is 0. The van der Waals surface area contributed by atoms with Crippen LogP contribution >= 0.6 is 0 Å². The molecule has 1 rings (SSSR count). The fourth-order valence-electron chi connectivity index (χ4n) is 0.839. The quantitative estimate of drug-likeness (QED) is 0.705. The Hall–Kier alpha value is -0.860. The predicted molar refractivity (Wildman–Crippen MR) is 55.7 cm³/mol. The van der Waals surface area contributed by atoms with Gasteiger partial charge in [-0.2, -0.15) is 0 Å². The van der Waals surface area contributed by atoms with E-state index in [1.165, 1.54) is 0 Å². The highest BCUT2D eigenvalue weighted by atomic mass is 15.4. The first kappa shape index (κ1) is 12.1. The summed E-state index contributed by atoms with van der Waals surface area (Å²) < 4.78 is 1.74. The van der Waals surface area contributed by atoms with E-state index in [1.54, 1.807) is 4.68 Å². The van der Waals surface area contributed by atoms with Gasteiger partial charge in [-0.05, 0) is 6.42 Å². The van der Waals surface area contributed by atoms with E-state index in [-0.39, 0.29) is 5.41 Å². The first-order valence-corrected chi connectivity index (χ1v) is 4.93. The summed E-state index contributed by atoms with van der Waals surface area (Å²) in [7, 11) is 1.89. The molecule has 1 heterocycles. The van der Waals surface area contributed by atoms with Crippen molar-refractivity contribution < 1.29 is 0 Å². The van der Waals surface area contributed by atoms with Gasteiger partial charge in [-0.1, -0.05) is 39.8 Å². The molecule has 3 nitrogen and oxygen atoms in total. The van der Waals surface area contributed by atoms with Crippen molar-refractivity contribution in [1.29, 1.82) is 0 Å². The van der Waals surface area contributed by atoms with Crippen molar-refractivity contribution >= 4 is 0 Å². The van der Waals surface area contributed by atoms with Gasteiger partial charge in [-0.15, -0.1) is 5.10 Å². The first-order chi connectivity index (χ1) is 6.06. The van der Waals surface area contributed by atoms with Gasteiger partial charge in [-0.25, -0.2) is 0 Å². The minimum atomic E-state index is 0.161. The monoisotopic (exact) mass is 183 g/mol. The Labute approximate surface area is 81.2 Å². The topological polar surface area (TPSA) is 30.7 Å². The van der Waals surface area contributed by atoms with E-state index in [9.17, 15) is 0 Å². The molecule has 0 N–H and O–H groups in total. The van der Waals surface area contributed by atoms with Crippen molar-refractivity contribution in [1.82, 2.24) is 15.0 Å². The van der Waals surface area contributed by atoms with Crippen LogP contribution in [0.1, 0.15) is 46.7 Å². The summed E-state index contributed by atoms with van der Waals surface area (Å²) in [6, 6.07) is 0. The minimum absolute atomic E-state index is 0.161. The zero-order chi connectivity index (χ0) is 10.5. The van der Waals surface area contributed by atoms with E-state index in [0.29, 0.717) is 0 Å². The Balaban J connectivity index is 0.000000671. The van der Waals surface area contributed by atoms with E-state index >= 15 is 0 Å². The molecule has 0 saturated heterocycles. The van der Waals surface area contributed by atoms with Crippen molar-refractivity contribution in [3.05, 3.63) is 11.9 Å². The maximum absolute atomic E-state index is 4.07. The zero-order valence-corrected chi connectivity index (χ0v) is 9.63. The lowest BCUT2D eigenvalue weighted by molar-refractivity contribution is 0.489. The van der Waals surface area contributed by atoms with Gasteiger partial charge in [0.25, 0.3) is 0 Å². The van der Waals surface area contributed by atoms with Gasteiger partial charge >= 0.3 is 0 Å². The van der Waals surface area contributed by atoms with Crippen molar-refractivity contribution in [2.75, 3.05) is 0 Å². The van der Waals surface area contributed by atoms with Crippen molar-refractivity contribution in [3.8, 4) is 0 Å². The molecule has 0 radical (unpaired) electrons. The average molecular weight is 183 g/mol. The Bertz CT molecular complexity index is 238. The SMILES string of the molecule is CC.CCC(C)(C)c1cn(C)nn1. The van der Waals surface area contributed by atoms with E-state index in [4.69, 9.17) is 0 Å². The van der Waals surface area contributed by atoms with Crippen molar-refractivity contribution in [2.45, 2.75) is 46.5 Å². The molecule has 0 atom stereocenters. The molecule has 13 heavy (non-hydrogen) atoms. The van der Waals surface area contributed by atoms with E-state index < -0.39 is 0 Å². The lowest BCUT2D eigenvalue weighted by Gasteiger charge is -2.18. The number of rotatable bonds is 2. The Morgan fingerprint density at radius 2 is 1.92 bits per heavy atom. The molecule has 0 aromatic carbocycles. The summed E-state index contributed by atoms with van der Waals surface area (Å²) in [6.07, 6.45) is 3.06. The van der Waals surface area contributed by atoms with E-state index in [0.717, 1.165) is 12.1 Å². The first-order valence-electron chi connectivity index (χ1n) is 4.93. The predicted octanol–water partition coefficient (Wildman–Crippen LogP) is 2.53. The molecular weight excluding hydrogens is 162 g/mol. The van der Waals surface area contributed by atoms with Crippen LogP contribution in [0.4, 0.5) is 0 Å². The highest BCUT2D eigenvalue weighted by molar-refractivity contribution is 5.07. The molecule has 0 aliphatic rings. The Morgan fingerprint density at radius 3 is 2.23 bits per heavy atom. The van der Waals surface area contributed by atoms with Gasteiger partial charge in [0.1, 0.15) is 0 Å². The van der Waals surface area contributed by atoms with Gasteiger partial charge < -0.3 is 0 Å². The highest BCUT2D eigenvalue weighted by Crippen LogP contribution is 2.23. The number of hydrogen-bond acceptors (Lipinski definition) is 2. The fraction of sp³-hybridized carbons (Fsp3) is 0.800. The van der Waals surface area contributed by atoms with Gasteiger partial charge in [0.2, 0.25) is 0 Å². The lowest BCUT2D eigenvalue weighted by Crippen LogP contribution is -2.15. The molecule has 0 spiro atoms. The van der Waals surface area contributed by atoms with E-state index in [1.807, 2.05) is 27.1 Å². The zero-order valence-electron chi connectivity index (χ0n) is 9.63. The van der Waals surface area contributed by atoms with Crippen LogP contribution in [0.25, 0.3) is 0 Å². The molecular formula is C10H21N3. The number of aryl methyl sites for hydroxylation is 1. The molecule has 0 bridgehead atoms. The van der Waals surface area contributed by atoms with Gasteiger partial charge in [-0.3, -0.25) is 4.68 Å². The lowest BCUT2D eigenvalue weighted by atomic mass is 9.87. The molecule has 3 heteroatoms. The number of aromatic nitrogens is 3. The molecule has 0 aliphatic carbocycles. The van der Waals surface area contributed by atoms with Crippen LogP contribution in [-0.4, -0.2) is 15.0 Å². The molecule has 1 aromatic rings. The van der Waals surface area contributed by atoms with Gasteiger partial charge in [0.05, 0.1) is 5.69 Å². The maximum Gasteiger partial charge on any atom is 0.0882 e. The second kappa shape index (κ2) is 5.00. The Morgan fingerprint density at radius 1 is 1.38 bits per heavy atom. The fourth-order valence-corrected chi connectivity index (χ4v) is 0.839. The summed E-state index contributed by atoms with van der Waals surface area (Å²) >= 11 is 0. The van der Waals surface area contributed by atoms with E-state index in [2.05, 4.69) is 31.1 Å². The second-order valence-corrected chi connectivity index (χ2v) is 3.51. The number of hydrogen-bond donors (Lipinski definition) is 0. The summed E-state index contributed by atoms with van der Waals surface area (Å²) in [5.41, 5.74) is 1.23. The number of nitrogens with zero attached hydrogens (tertiary/aromatic N) is 3. The van der Waals surface area contributed by atoms with Crippen molar-refractivity contribution in [3.63, 3.8) is 0 Å². The second-order valence-electron chi connectivity index (χ2n) is 3.51. The van der Waals surface area contributed by atoms with Crippen molar-refractivity contribution in [2.24, 2.45) is 7.05 Å². The van der Waals surface area contributed by atoms with Crippen LogP contribution in [0.2, 0.25) is 0 Å². The molecule has 0 unspecified atom stereocenters. The summed E-state index contributed by atoms with van der Waals surface area (Å²) in [5.74, 6) is 0. The van der Waals surface area contributed by atoms with Crippen LogP contribution < -0.4 is 0 Å². The third-order valence-electron chi connectivity index (χ3n) is 2.18. The smallest absolute Gasteiger partial charge is 0.0882 e. The summed E-state index contributed by atoms with van der Waals surface area (Å²) in [6.45, 7) is 10.5. The third kappa shape index (κ3) is 3.17. The normalized spacial score (nSPS) is 10.6. The van der Waals surface area contributed by atoms with Gasteiger partial charge in [0, 0.05) is 18.7 Å². The minimum Gasteiger partial charge on any atom is -0.255 e. The molecule has 76 valence electrons. The summed E-state index contributed by atoms with van der Waals surface area (Å²) in [5, 5.41) is 7.97. The molecule has 0 saturated carbocycles. The standard InChI is InChI=1S/C8H15N3.C2H6/c1-5-8(2,3)7-6-11(4)10-9-7;1-2/h6H,5H2,1-4H3;1-2H3. The molecule has 0 amide bonds. The van der Waals surface area contributed by atoms with Crippen LogP contribution in [0, 0.1) is 0 Å². The molecule has 0 aliphatic heterocycles. The third-order valence-corrected chi connectivity index (χ3v) is 2.18. The average Bonchev–Trinajstić information content (AvgIpc) is 2.56. The van der Waals surface area contributed by atoms with Crippen LogP contribution in [0.15, 0.2) is 6.20 Å². The maximum atomic E-state index is 4.07. The Kier molecular flexibility index (Phi) is 4.67. The molecule has 1 aromatic heterocycles. The largest absolute Gasteiger partial charge is 0.255 e.